The molecule has 0 aromatic carbocycles. The van der Waals surface area contributed by atoms with E-state index in [9.17, 15) is 0 Å². The van der Waals surface area contributed by atoms with Gasteiger partial charge in [0.2, 0.25) is 0 Å². The third-order valence-electron chi connectivity index (χ3n) is 2.57. The molecule has 0 aliphatic rings. The maximum atomic E-state index is 2.28. The van der Waals surface area contributed by atoms with Crippen LogP contribution >= 0.6 is 16.5 Å². The molecule has 0 amide bonds. The summed E-state index contributed by atoms with van der Waals surface area (Å²) in [6, 6.07) is 0. The first-order valence-corrected chi connectivity index (χ1v) is 9.61. The van der Waals surface area contributed by atoms with Crippen LogP contribution in [0, 0.1) is 0 Å². The fraction of sp³-hybridized carbons (Fsp3) is 1.00. The quantitative estimate of drug-likeness (QED) is 0.278. The SMILES string of the molecule is CCCCCCC[P][P]CCCCCC. The molecule has 0 saturated carbocycles. The molecule has 2 radical (unpaired) electrons. The van der Waals surface area contributed by atoms with Gasteiger partial charge in [-0.25, -0.2) is 0 Å². The fourth-order valence-electron chi connectivity index (χ4n) is 1.54. The number of hydrogen-bond acceptors (Lipinski definition) is 0. The highest BCUT2D eigenvalue weighted by molar-refractivity contribution is 8.11. The Morgan fingerprint density at radius 3 is 1.40 bits per heavy atom. The van der Waals surface area contributed by atoms with Crippen molar-refractivity contribution in [2.75, 3.05) is 12.3 Å². The zero-order valence-electron chi connectivity index (χ0n) is 10.7. The van der Waals surface area contributed by atoms with Crippen molar-refractivity contribution in [2.24, 2.45) is 0 Å². The number of hydrogen-bond donors (Lipinski definition) is 0. The largest absolute Gasteiger partial charge is 0.0654 e. The maximum absolute atomic E-state index is 2.28. The molecular formula is C13H28P2. The summed E-state index contributed by atoms with van der Waals surface area (Å²) >= 11 is 0. The molecular weight excluding hydrogens is 218 g/mol. The summed E-state index contributed by atoms with van der Waals surface area (Å²) in [7, 11) is 3.37. The monoisotopic (exact) mass is 246 g/mol. The van der Waals surface area contributed by atoms with Crippen molar-refractivity contribution < 1.29 is 0 Å². The Bertz CT molecular complexity index is 92.7. The number of unbranched alkanes of at least 4 members (excludes halogenated alkanes) is 7. The maximum Gasteiger partial charge on any atom is -0.0242 e. The second-order valence-electron chi connectivity index (χ2n) is 4.20. The van der Waals surface area contributed by atoms with Gasteiger partial charge >= 0.3 is 0 Å². The molecule has 0 aliphatic carbocycles. The summed E-state index contributed by atoms with van der Waals surface area (Å²) in [6.07, 6.45) is 15.8. The minimum absolute atomic E-state index is 1.37. The van der Waals surface area contributed by atoms with Crippen molar-refractivity contribution >= 4 is 16.5 Å². The van der Waals surface area contributed by atoms with Crippen LogP contribution < -0.4 is 0 Å². The molecule has 0 saturated heterocycles. The van der Waals surface area contributed by atoms with Gasteiger partial charge in [0.25, 0.3) is 0 Å². The third-order valence-corrected chi connectivity index (χ3v) is 5.61. The van der Waals surface area contributed by atoms with Crippen molar-refractivity contribution in [3.8, 4) is 0 Å². The molecule has 0 heterocycles. The molecule has 0 aromatic heterocycles. The highest BCUT2D eigenvalue weighted by Gasteiger charge is 1.93. The van der Waals surface area contributed by atoms with Gasteiger partial charge in [-0.05, 0) is 41.7 Å². The van der Waals surface area contributed by atoms with E-state index in [1.54, 1.807) is 16.5 Å². The summed E-state index contributed by atoms with van der Waals surface area (Å²) in [5, 5.41) is 0. The molecule has 0 bridgehead atoms. The second-order valence-corrected chi connectivity index (χ2v) is 7.36. The van der Waals surface area contributed by atoms with Crippen LogP contribution in [0.1, 0.15) is 71.6 Å². The van der Waals surface area contributed by atoms with Crippen molar-refractivity contribution in [1.82, 2.24) is 0 Å². The number of rotatable bonds is 12. The Balaban J connectivity index is 2.81. The lowest BCUT2D eigenvalue weighted by Crippen LogP contribution is -1.79. The Labute approximate surface area is 101 Å². The molecule has 0 N–H and O–H groups in total. The molecule has 0 rings (SSSR count). The molecule has 0 spiro atoms. The normalized spacial score (nSPS) is 12.4. The van der Waals surface area contributed by atoms with Crippen molar-refractivity contribution in [3.05, 3.63) is 0 Å². The van der Waals surface area contributed by atoms with E-state index in [2.05, 4.69) is 13.8 Å². The minimum Gasteiger partial charge on any atom is -0.0654 e. The van der Waals surface area contributed by atoms with E-state index >= 15 is 0 Å². The molecule has 2 heteroatoms. The van der Waals surface area contributed by atoms with Gasteiger partial charge in [-0.1, -0.05) is 58.8 Å². The van der Waals surface area contributed by atoms with Gasteiger partial charge in [-0.2, -0.15) is 0 Å². The molecule has 0 fully saturated rings. The molecule has 0 aliphatic heterocycles. The topological polar surface area (TPSA) is 0 Å². The van der Waals surface area contributed by atoms with Crippen LogP contribution in [0.4, 0.5) is 0 Å². The first-order valence-electron chi connectivity index (χ1n) is 6.75. The molecule has 0 unspecified atom stereocenters. The first kappa shape index (κ1) is 15.9. The highest BCUT2D eigenvalue weighted by atomic mass is 32.0. The van der Waals surface area contributed by atoms with E-state index < -0.39 is 0 Å². The molecule has 15 heavy (non-hydrogen) atoms. The van der Waals surface area contributed by atoms with Crippen LogP contribution in [0.25, 0.3) is 0 Å². The van der Waals surface area contributed by atoms with Gasteiger partial charge in [-0.3, -0.25) is 0 Å². The lowest BCUT2D eigenvalue weighted by atomic mass is 10.2. The second kappa shape index (κ2) is 14.9. The van der Waals surface area contributed by atoms with E-state index in [1.807, 2.05) is 0 Å². The van der Waals surface area contributed by atoms with Gasteiger partial charge in [0.15, 0.2) is 0 Å². The van der Waals surface area contributed by atoms with Gasteiger partial charge in [-0.15, -0.1) is 0 Å². The predicted octanol–water partition coefficient (Wildman–Crippen LogP) is 6.34. The Morgan fingerprint density at radius 2 is 0.933 bits per heavy atom. The van der Waals surface area contributed by atoms with Crippen LogP contribution in [-0.2, 0) is 0 Å². The van der Waals surface area contributed by atoms with Crippen molar-refractivity contribution in [1.29, 1.82) is 0 Å². The Hall–Kier alpha value is 0.860. The van der Waals surface area contributed by atoms with Crippen LogP contribution in [-0.4, -0.2) is 12.3 Å². The highest BCUT2D eigenvalue weighted by Crippen LogP contribution is 2.38. The lowest BCUT2D eigenvalue weighted by Gasteiger charge is -2.01. The summed E-state index contributed by atoms with van der Waals surface area (Å²) in [5.74, 6) is 0. The van der Waals surface area contributed by atoms with Gasteiger partial charge < -0.3 is 0 Å². The van der Waals surface area contributed by atoms with Crippen molar-refractivity contribution in [2.45, 2.75) is 71.6 Å². The lowest BCUT2D eigenvalue weighted by molar-refractivity contribution is 0.659. The van der Waals surface area contributed by atoms with Gasteiger partial charge in [0, 0.05) is 0 Å². The summed E-state index contributed by atoms with van der Waals surface area (Å²) in [4.78, 5) is 0. The zero-order valence-corrected chi connectivity index (χ0v) is 12.5. The van der Waals surface area contributed by atoms with Crippen LogP contribution in [0.2, 0.25) is 0 Å². The third kappa shape index (κ3) is 14.9. The smallest absolute Gasteiger partial charge is 0.0242 e. The molecule has 0 atom stereocenters. The van der Waals surface area contributed by atoms with E-state index in [1.165, 1.54) is 70.1 Å². The molecule has 0 aromatic rings. The average molecular weight is 246 g/mol. The molecule has 0 nitrogen and oxygen atoms in total. The fourth-order valence-corrected chi connectivity index (χ4v) is 4.25. The van der Waals surface area contributed by atoms with Crippen LogP contribution in [0.5, 0.6) is 0 Å². The van der Waals surface area contributed by atoms with E-state index in [-0.39, 0.29) is 0 Å². The van der Waals surface area contributed by atoms with E-state index in [4.69, 9.17) is 0 Å². The standard InChI is InChI=1S/C13H28P2/c1-3-5-7-9-11-13-15-14-12-10-8-6-4-2/h3-13H2,1-2H3. The zero-order chi connectivity index (χ0) is 11.2. The Kier molecular flexibility index (Phi) is 15.7. The summed E-state index contributed by atoms with van der Waals surface area (Å²) in [6.45, 7) is 4.57. The van der Waals surface area contributed by atoms with Gasteiger partial charge in [0.05, 0.1) is 0 Å². The predicted molar refractivity (Wildman–Crippen MR) is 76.5 cm³/mol. The Morgan fingerprint density at radius 1 is 0.533 bits per heavy atom. The van der Waals surface area contributed by atoms with Crippen molar-refractivity contribution in [3.63, 3.8) is 0 Å². The minimum atomic E-state index is 1.37. The summed E-state index contributed by atoms with van der Waals surface area (Å²) in [5.41, 5.74) is 0. The average Bonchev–Trinajstić information content (AvgIpc) is 2.26. The summed E-state index contributed by atoms with van der Waals surface area (Å²) < 4.78 is 0. The van der Waals surface area contributed by atoms with Gasteiger partial charge in [0.1, 0.15) is 0 Å². The first-order chi connectivity index (χ1) is 7.41. The van der Waals surface area contributed by atoms with Crippen LogP contribution in [0.15, 0.2) is 0 Å². The van der Waals surface area contributed by atoms with E-state index in [0.717, 1.165) is 0 Å². The van der Waals surface area contributed by atoms with Crippen LogP contribution in [0.3, 0.4) is 0 Å². The van der Waals surface area contributed by atoms with E-state index in [0.29, 0.717) is 0 Å². The molecule has 90 valence electrons.